The molecule has 7 nitrogen and oxygen atoms in total. The third-order valence-electron chi connectivity index (χ3n) is 6.34. The van der Waals surface area contributed by atoms with Crippen molar-refractivity contribution in [3.63, 3.8) is 0 Å². The number of likely N-dealkylation sites (tertiary alicyclic amines) is 1. The third-order valence-corrected chi connectivity index (χ3v) is 6.34. The van der Waals surface area contributed by atoms with Gasteiger partial charge in [-0.15, -0.1) is 0 Å². The summed E-state index contributed by atoms with van der Waals surface area (Å²) >= 11 is 0. The smallest absolute Gasteiger partial charge is 0.263 e. The molecule has 1 fully saturated rings. The third kappa shape index (κ3) is 3.60. The van der Waals surface area contributed by atoms with E-state index in [2.05, 4.69) is 4.98 Å². The molecule has 0 N–H and O–H groups in total. The van der Waals surface area contributed by atoms with Gasteiger partial charge in [-0.1, -0.05) is 24.3 Å². The summed E-state index contributed by atoms with van der Waals surface area (Å²) < 4.78 is 1.54. The minimum atomic E-state index is -0.113. The van der Waals surface area contributed by atoms with Crippen LogP contribution in [-0.2, 0) is 17.8 Å². The lowest BCUT2D eigenvalue weighted by molar-refractivity contribution is -0.137. The largest absolute Gasteiger partial charge is 0.339 e. The van der Waals surface area contributed by atoms with Gasteiger partial charge in [0.25, 0.3) is 11.5 Å². The van der Waals surface area contributed by atoms with E-state index in [1.807, 2.05) is 47.4 Å². The van der Waals surface area contributed by atoms with Gasteiger partial charge in [0.15, 0.2) is 0 Å². The summed E-state index contributed by atoms with van der Waals surface area (Å²) in [6, 6.07) is 14.7. The summed E-state index contributed by atoms with van der Waals surface area (Å²) in [6.07, 6.45) is 3.60. The van der Waals surface area contributed by atoms with Crippen LogP contribution in [0.3, 0.4) is 0 Å². The monoisotopic (exact) mass is 416 g/mol. The number of fused-ring (bicyclic) bond motifs is 2. The van der Waals surface area contributed by atoms with Crippen LogP contribution in [0, 0.1) is 5.92 Å². The molecule has 0 aliphatic carbocycles. The fourth-order valence-corrected chi connectivity index (χ4v) is 4.59. The molecule has 0 radical (unpaired) electrons. The fraction of sp³-hybridized carbons (Fsp3) is 0.333. The van der Waals surface area contributed by atoms with E-state index in [-0.39, 0.29) is 23.3 Å². The lowest BCUT2D eigenvalue weighted by Gasteiger charge is -2.35. The van der Waals surface area contributed by atoms with Crippen LogP contribution in [0.2, 0.25) is 0 Å². The Labute approximate surface area is 179 Å². The summed E-state index contributed by atoms with van der Waals surface area (Å²) in [5, 5.41) is 0. The molecule has 1 saturated heterocycles. The molecule has 5 rings (SSSR count). The number of piperidine rings is 1. The Morgan fingerprint density at radius 1 is 0.903 bits per heavy atom. The summed E-state index contributed by atoms with van der Waals surface area (Å²) in [6.45, 7) is 2.03. The van der Waals surface area contributed by atoms with Crippen LogP contribution in [0.25, 0.3) is 5.65 Å². The minimum Gasteiger partial charge on any atom is -0.339 e. The number of amides is 2. The molecule has 2 aliphatic rings. The molecule has 1 aromatic carbocycles. The van der Waals surface area contributed by atoms with Gasteiger partial charge >= 0.3 is 0 Å². The Morgan fingerprint density at radius 3 is 2.42 bits per heavy atom. The number of nitrogens with zero attached hydrogens (tertiary/aromatic N) is 4. The van der Waals surface area contributed by atoms with Gasteiger partial charge in [0, 0.05) is 43.7 Å². The van der Waals surface area contributed by atoms with Gasteiger partial charge in [-0.3, -0.25) is 18.8 Å². The number of carbonyl (C=O) groups excluding carboxylic acids is 2. The van der Waals surface area contributed by atoms with Crippen molar-refractivity contribution < 1.29 is 9.59 Å². The zero-order chi connectivity index (χ0) is 21.4. The molecule has 4 heterocycles. The second kappa shape index (κ2) is 7.98. The van der Waals surface area contributed by atoms with E-state index in [0.717, 1.165) is 5.69 Å². The Bertz CT molecular complexity index is 1200. The fourth-order valence-electron chi connectivity index (χ4n) is 4.59. The first kappa shape index (κ1) is 19.5. The highest BCUT2D eigenvalue weighted by molar-refractivity contribution is 5.94. The summed E-state index contributed by atoms with van der Waals surface area (Å²) in [5.74, 6) is -0.0167. The maximum atomic E-state index is 13.2. The second-order valence-electron chi connectivity index (χ2n) is 8.21. The minimum absolute atomic E-state index is 0.0179. The van der Waals surface area contributed by atoms with Gasteiger partial charge in [-0.25, -0.2) is 4.98 Å². The topological polar surface area (TPSA) is 75.0 Å². The predicted molar refractivity (Wildman–Crippen MR) is 116 cm³/mol. The lowest BCUT2D eigenvalue weighted by atomic mass is 9.93. The van der Waals surface area contributed by atoms with Gasteiger partial charge in [0.1, 0.15) is 5.65 Å². The highest BCUT2D eigenvalue weighted by atomic mass is 16.2. The molecule has 31 heavy (non-hydrogen) atoms. The molecule has 0 atom stereocenters. The maximum absolute atomic E-state index is 13.2. The van der Waals surface area contributed by atoms with Gasteiger partial charge in [0.2, 0.25) is 5.91 Å². The van der Waals surface area contributed by atoms with Crippen molar-refractivity contribution in [1.82, 2.24) is 19.2 Å². The normalized spacial score (nSPS) is 16.9. The number of hydrogen-bond donors (Lipinski definition) is 0. The average molecular weight is 416 g/mol. The molecule has 0 bridgehead atoms. The SMILES string of the molecule is O=C(c1ccccc1)N1CCC(C(=O)N2CCc3nc4ccccn4c(=O)c3C2)CC1. The van der Waals surface area contributed by atoms with E-state index in [4.69, 9.17) is 0 Å². The number of aromatic nitrogens is 2. The number of benzene rings is 1. The predicted octanol–water partition coefficient (Wildman–Crippen LogP) is 2.13. The zero-order valence-electron chi connectivity index (χ0n) is 17.2. The number of pyridine rings is 1. The van der Waals surface area contributed by atoms with Crippen molar-refractivity contribution in [3.8, 4) is 0 Å². The van der Waals surface area contributed by atoms with Crippen LogP contribution in [0.5, 0.6) is 0 Å². The van der Waals surface area contributed by atoms with Crippen molar-refractivity contribution in [2.45, 2.75) is 25.8 Å². The number of hydrogen-bond acceptors (Lipinski definition) is 4. The summed E-state index contributed by atoms with van der Waals surface area (Å²) in [7, 11) is 0. The first-order chi connectivity index (χ1) is 15.1. The number of carbonyl (C=O) groups is 2. The Hall–Kier alpha value is -3.48. The molecule has 0 saturated carbocycles. The molecule has 2 aromatic heterocycles. The van der Waals surface area contributed by atoms with E-state index in [0.29, 0.717) is 62.2 Å². The van der Waals surface area contributed by atoms with Crippen LogP contribution >= 0.6 is 0 Å². The van der Waals surface area contributed by atoms with E-state index in [9.17, 15) is 14.4 Å². The molecule has 2 amide bonds. The Balaban J connectivity index is 1.27. The van der Waals surface area contributed by atoms with E-state index >= 15 is 0 Å². The van der Waals surface area contributed by atoms with Gasteiger partial charge in [0.05, 0.1) is 17.8 Å². The van der Waals surface area contributed by atoms with Crippen molar-refractivity contribution in [2.75, 3.05) is 19.6 Å². The Morgan fingerprint density at radius 2 is 1.65 bits per heavy atom. The second-order valence-corrected chi connectivity index (χ2v) is 8.21. The molecular formula is C24H24N4O3. The molecule has 0 unspecified atom stereocenters. The molecule has 0 spiro atoms. The van der Waals surface area contributed by atoms with Gasteiger partial charge in [-0.2, -0.15) is 0 Å². The van der Waals surface area contributed by atoms with Crippen molar-refractivity contribution >= 4 is 17.5 Å². The Kier molecular flexibility index (Phi) is 5.02. The molecular weight excluding hydrogens is 392 g/mol. The highest BCUT2D eigenvalue weighted by Crippen LogP contribution is 2.24. The molecule has 3 aromatic rings. The maximum Gasteiger partial charge on any atom is 0.263 e. The summed E-state index contributed by atoms with van der Waals surface area (Å²) in [5.41, 5.74) is 2.63. The van der Waals surface area contributed by atoms with Crippen LogP contribution in [0.4, 0.5) is 0 Å². The van der Waals surface area contributed by atoms with Crippen LogP contribution in [0.1, 0.15) is 34.5 Å². The van der Waals surface area contributed by atoms with Crippen molar-refractivity contribution in [3.05, 3.63) is 81.9 Å². The zero-order valence-corrected chi connectivity index (χ0v) is 17.2. The van der Waals surface area contributed by atoms with Crippen molar-refractivity contribution in [2.24, 2.45) is 5.92 Å². The first-order valence-corrected chi connectivity index (χ1v) is 10.7. The quantitative estimate of drug-likeness (QED) is 0.642. The van der Waals surface area contributed by atoms with E-state index in [1.54, 1.807) is 21.6 Å². The van der Waals surface area contributed by atoms with E-state index < -0.39 is 0 Å². The lowest BCUT2D eigenvalue weighted by Crippen LogP contribution is -2.46. The first-order valence-electron chi connectivity index (χ1n) is 10.7. The van der Waals surface area contributed by atoms with Gasteiger partial charge < -0.3 is 9.80 Å². The van der Waals surface area contributed by atoms with Crippen LogP contribution < -0.4 is 5.56 Å². The standard InChI is InChI=1S/C24H24N4O3/c29-22(17-6-2-1-3-7-17)26-13-9-18(10-14-26)23(30)27-15-11-20-19(16-27)24(31)28-12-5-4-8-21(28)25-20/h1-8,12,18H,9-11,13-16H2. The van der Waals surface area contributed by atoms with E-state index in [1.165, 1.54) is 0 Å². The van der Waals surface area contributed by atoms with Crippen LogP contribution in [-0.4, -0.2) is 50.6 Å². The summed E-state index contributed by atoms with van der Waals surface area (Å²) in [4.78, 5) is 47.0. The molecule has 158 valence electrons. The van der Waals surface area contributed by atoms with Crippen LogP contribution in [0.15, 0.2) is 59.5 Å². The molecule has 2 aliphatic heterocycles. The van der Waals surface area contributed by atoms with Crippen molar-refractivity contribution in [1.29, 1.82) is 0 Å². The number of rotatable bonds is 2. The molecule has 7 heteroatoms. The van der Waals surface area contributed by atoms with Gasteiger partial charge in [-0.05, 0) is 37.1 Å². The average Bonchev–Trinajstić information content (AvgIpc) is 2.84. The highest BCUT2D eigenvalue weighted by Gasteiger charge is 2.33.